The van der Waals surface area contributed by atoms with Crippen molar-refractivity contribution in [1.82, 2.24) is 10.2 Å². The summed E-state index contributed by atoms with van der Waals surface area (Å²) in [4.78, 5) is 13.0. The number of nitrogens with zero attached hydrogens (tertiary/aromatic N) is 2. The van der Waals surface area contributed by atoms with E-state index in [1.54, 1.807) is 0 Å². The van der Waals surface area contributed by atoms with Crippen molar-refractivity contribution in [3.8, 4) is 0 Å². The summed E-state index contributed by atoms with van der Waals surface area (Å²) in [5.74, 6) is -0.814. The van der Waals surface area contributed by atoms with E-state index < -0.39 is 47.8 Å². The Morgan fingerprint density at radius 2 is 1.43 bits per heavy atom. The van der Waals surface area contributed by atoms with E-state index in [2.05, 4.69) is 60.6 Å². The van der Waals surface area contributed by atoms with Crippen molar-refractivity contribution in [3.63, 3.8) is 0 Å². The largest absolute Gasteiger partial charge is 0.406 e. The van der Waals surface area contributed by atoms with Crippen molar-refractivity contribution in [2.75, 3.05) is 17.7 Å². The molecule has 0 fully saturated rings. The van der Waals surface area contributed by atoms with Gasteiger partial charge in [0.1, 0.15) is 9.75 Å². The number of carbonyl (C=O) groups is 1. The van der Waals surface area contributed by atoms with E-state index in [-0.39, 0.29) is 22.3 Å². The average molecular weight is 640 g/mol. The van der Waals surface area contributed by atoms with Gasteiger partial charge in [-0.2, -0.15) is 13.2 Å². The maximum absolute atomic E-state index is 13.0. The number of alkyl halides is 3. The summed E-state index contributed by atoms with van der Waals surface area (Å²) in [5, 5.41) is 14.2. The number of carbonyl (C=O) groups excluding carboxylic acids is 1. The number of amides is 1. The van der Waals surface area contributed by atoms with Crippen LogP contribution in [0.15, 0.2) is 60.7 Å². The third-order valence-electron chi connectivity index (χ3n) is 7.20. The summed E-state index contributed by atoms with van der Waals surface area (Å²) < 4.78 is 55.9. The molecule has 6 nitrogen and oxygen atoms in total. The molecule has 0 saturated heterocycles. The molecular formula is C30H40F3N3O3S2Si. The molecule has 1 amide bonds. The zero-order valence-corrected chi connectivity index (χ0v) is 27.8. The average Bonchev–Trinajstić information content (AvgIpc) is 3.38. The van der Waals surface area contributed by atoms with Gasteiger partial charge < -0.3 is 4.43 Å². The first kappa shape index (κ1) is 34.1. The topological polar surface area (TPSA) is 81.2 Å². The van der Waals surface area contributed by atoms with Crippen LogP contribution >= 0.6 is 11.3 Å². The Kier molecular flexibility index (Phi) is 10.6. The number of aromatic nitrogens is 2. The lowest BCUT2D eigenvalue weighted by molar-refractivity contribution is -0.134. The van der Waals surface area contributed by atoms with Crippen LogP contribution < -0.4 is 15.7 Å². The minimum atomic E-state index is -4.33. The molecular weight excluding hydrogens is 600 g/mol. The highest BCUT2D eigenvalue weighted by molar-refractivity contribution is 7.87. The highest BCUT2D eigenvalue weighted by atomic mass is 32.2. The number of hydrogen-bond acceptors (Lipinski definition) is 6. The van der Waals surface area contributed by atoms with E-state index >= 15 is 0 Å². The molecule has 0 aliphatic rings. The van der Waals surface area contributed by atoms with Crippen LogP contribution in [0.5, 0.6) is 0 Å². The maximum Gasteiger partial charge on any atom is 0.389 e. The minimum absolute atomic E-state index is 0.201. The van der Waals surface area contributed by atoms with Gasteiger partial charge in [0, 0.05) is 35.0 Å². The number of halogens is 3. The Bertz CT molecular complexity index is 1320. The molecule has 0 aliphatic carbocycles. The fourth-order valence-electron chi connectivity index (χ4n) is 4.67. The zero-order valence-electron chi connectivity index (χ0n) is 25.2. The van der Waals surface area contributed by atoms with Crippen LogP contribution in [0, 0.1) is 0 Å². The van der Waals surface area contributed by atoms with Gasteiger partial charge >= 0.3 is 6.18 Å². The van der Waals surface area contributed by atoms with Crippen molar-refractivity contribution < 1.29 is 26.6 Å². The molecule has 3 aromatic rings. The molecule has 0 spiro atoms. The van der Waals surface area contributed by atoms with Crippen LogP contribution in [0.2, 0.25) is 5.04 Å². The minimum Gasteiger partial charge on any atom is -0.406 e. The second kappa shape index (κ2) is 13.1. The molecule has 3 rings (SSSR count). The first-order valence-electron chi connectivity index (χ1n) is 13.8. The number of benzene rings is 2. The summed E-state index contributed by atoms with van der Waals surface area (Å²) in [6, 6.07) is 20.6. The quantitative estimate of drug-likeness (QED) is 0.239. The van der Waals surface area contributed by atoms with Crippen LogP contribution in [0.3, 0.4) is 0 Å². The van der Waals surface area contributed by atoms with Crippen LogP contribution in [0.25, 0.3) is 0 Å². The number of hydrogen-bond donors (Lipinski definition) is 1. The molecule has 42 heavy (non-hydrogen) atoms. The SMILES string of the molecule is CC(C)(CO[Si](c1ccccc1)(c1ccccc1)C(C)(C)C)c1nnc(NC(=O)C(C)(C)S(=O)CCCC(F)(F)F)s1. The number of rotatable bonds is 12. The molecule has 12 heteroatoms. The molecule has 0 radical (unpaired) electrons. The van der Waals surface area contributed by atoms with Crippen LogP contribution in [0.4, 0.5) is 18.3 Å². The fraction of sp³-hybridized carbons (Fsp3) is 0.500. The lowest BCUT2D eigenvalue weighted by Crippen LogP contribution is -2.67. The normalized spacial score (nSPS) is 14.0. The van der Waals surface area contributed by atoms with Crippen molar-refractivity contribution in [3.05, 3.63) is 65.7 Å². The first-order valence-corrected chi connectivity index (χ1v) is 17.8. The monoisotopic (exact) mass is 639 g/mol. The molecule has 230 valence electrons. The van der Waals surface area contributed by atoms with E-state index in [0.717, 1.165) is 10.4 Å². The van der Waals surface area contributed by atoms with Gasteiger partial charge in [-0.3, -0.25) is 14.3 Å². The van der Waals surface area contributed by atoms with E-state index in [9.17, 15) is 22.2 Å². The Hall–Kier alpha value is -2.41. The smallest absolute Gasteiger partial charge is 0.389 e. The van der Waals surface area contributed by atoms with Gasteiger partial charge in [-0.05, 0) is 35.7 Å². The van der Waals surface area contributed by atoms with Crippen molar-refractivity contribution in [2.45, 2.75) is 82.7 Å². The molecule has 0 bridgehead atoms. The molecule has 1 aromatic heterocycles. The second-order valence-electron chi connectivity index (χ2n) is 12.5. The predicted molar refractivity (Wildman–Crippen MR) is 168 cm³/mol. The molecule has 1 atom stereocenters. The Morgan fingerprint density at radius 3 is 1.90 bits per heavy atom. The van der Waals surface area contributed by atoms with Gasteiger partial charge in [-0.1, -0.05) is 107 Å². The lowest BCUT2D eigenvalue weighted by atomic mass is 9.96. The third kappa shape index (κ3) is 7.94. The molecule has 2 aromatic carbocycles. The zero-order chi connectivity index (χ0) is 31.4. The number of anilines is 1. The van der Waals surface area contributed by atoms with Gasteiger partial charge in [0.25, 0.3) is 8.32 Å². The van der Waals surface area contributed by atoms with E-state index in [1.807, 2.05) is 50.2 Å². The second-order valence-corrected chi connectivity index (χ2v) is 19.9. The summed E-state index contributed by atoms with van der Waals surface area (Å²) in [7, 11) is -4.60. The van der Waals surface area contributed by atoms with Crippen molar-refractivity contribution in [1.29, 1.82) is 0 Å². The molecule has 1 heterocycles. The molecule has 0 saturated carbocycles. The predicted octanol–water partition coefficient (Wildman–Crippen LogP) is 6.20. The standard InChI is InChI=1S/C30H40F3N3O3S2Si/c1-27(2,3)42(22-15-10-8-11-16-22,23-17-12-9-13-18-23)39-21-28(4,5)25-35-36-26(40-25)34-24(37)29(6,7)41(38)20-14-19-30(31,32)33/h8-13,15-18H,14,19-21H2,1-7H3,(H,34,36,37). The third-order valence-corrected chi connectivity index (χ3v) is 15.4. The molecule has 1 unspecified atom stereocenters. The Labute approximate surface area is 254 Å². The molecule has 0 aliphatic heterocycles. The summed E-state index contributed by atoms with van der Waals surface area (Å²) in [5.41, 5.74) is -0.566. The summed E-state index contributed by atoms with van der Waals surface area (Å²) in [6.07, 6.45) is -5.68. The van der Waals surface area contributed by atoms with Crippen molar-refractivity contribution >= 4 is 51.9 Å². The van der Waals surface area contributed by atoms with Gasteiger partial charge in [0.05, 0.1) is 0 Å². The van der Waals surface area contributed by atoms with Gasteiger partial charge in [-0.25, -0.2) is 0 Å². The fourth-order valence-corrected chi connectivity index (χ4v) is 11.4. The van der Waals surface area contributed by atoms with Crippen molar-refractivity contribution in [2.24, 2.45) is 0 Å². The lowest BCUT2D eigenvalue weighted by Gasteiger charge is -2.44. The Balaban J connectivity index is 1.80. The number of nitrogens with one attached hydrogen (secondary N) is 1. The highest BCUT2D eigenvalue weighted by Gasteiger charge is 2.51. The molecule has 1 N–H and O–H groups in total. The highest BCUT2D eigenvalue weighted by Crippen LogP contribution is 2.39. The first-order chi connectivity index (χ1) is 19.4. The summed E-state index contributed by atoms with van der Waals surface area (Å²) in [6.45, 7) is 13.9. The van der Waals surface area contributed by atoms with Crippen LogP contribution in [0.1, 0.15) is 66.3 Å². The van der Waals surface area contributed by atoms with Crippen LogP contribution in [-0.2, 0) is 25.4 Å². The van der Waals surface area contributed by atoms with E-state index in [4.69, 9.17) is 4.43 Å². The van der Waals surface area contributed by atoms with Gasteiger partial charge in [-0.15, -0.1) is 10.2 Å². The van der Waals surface area contributed by atoms with E-state index in [1.165, 1.54) is 25.2 Å². The summed E-state index contributed by atoms with van der Waals surface area (Å²) >= 11 is 1.20. The van der Waals surface area contributed by atoms with Gasteiger partial charge in [0.15, 0.2) is 0 Å². The van der Waals surface area contributed by atoms with Gasteiger partial charge in [0.2, 0.25) is 11.0 Å². The maximum atomic E-state index is 13.0. The Morgan fingerprint density at radius 1 is 0.905 bits per heavy atom. The van der Waals surface area contributed by atoms with Crippen LogP contribution in [-0.4, -0.2) is 51.9 Å². The van der Waals surface area contributed by atoms with E-state index in [0.29, 0.717) is 11.6 Å².